The second kappa shape index (κ2) is 7.48. The number of hydrogen-bond acceptors (Lipinski definition) is 3. The average molecular weight is 423 g/mol. The normalized spacial score (nSPS) is 23.4. The van der Waals surface area contributed by atoms with Crippen LogP contribution in [0.15, 0.2) is 60.3 Å². The summed E-state index contributed by atoms with van der Waals surface area (Å²) in [6.07, 6.45) is 6.69. The summed E-state index contributed by atoms with van der Waals surface area (Å²) in [6.45, 7) is 2.08. The van der Waals surface area contributed by atoms with Crippen molar-refractivity contribution in [3.8, 4) is 23.6 Å². The molecule has 5 heteroatoms. The summed E-state index contributed by atoms with van der Waals surface area (Å²) >= 11 is 0. The second-order valence-electron chi connectivity index (χ2n) is 8.50. The van der Waals surface area contributed by atoms with Crippen molar-refractivity contribution in [2.75, 3.05) is 0 Å². The Hall–Kier alpha value is -3.67. The molecule has 2 atom stereocenters. The highest BCUT2D eigenvalue weighted by Gasteiger charge is 2.56. The zero-order chi connectivity index (χ0) is 22.3. The lowest BCUT2D eigenvalue weighted by atomic mass is 9.64. The minimum absolute atomic E-state index is 0.176. The molecule has 4 nitrogen and oxygen atoms in total. The van der Waals surface area contributed by atoms with Crippen molar-refractivity contribution in [3.05, 3.63) is 88.5 Å². The molecule has 0 radical (unpaired) electrons. The molecule has 5 rings (SSSR count). The fraction of sp³-hybridized carbons (Fsp3) is 0.259. The van der Waals surface area contributed by atoms with Gasteiger partial charge in [0.1, 0.15) is 17.5 Å². The first-order valence-corrected chi connectivity index (χ1v) is 10.8. The molecule has 1 saturated carbocycles. The Labute approximate surface area is 186 Å². The molecule has 32 heavy (non-hydrogen) atoms. The molecule has 158 valence electrons. The van der Waals surface area contributed by atoms with Gasteiger partial charge in [-0.15, -0.1) is 0 Å². The maximum Gasteiger partial charge on any atom is 0.135 e. The van der Waals surface area contributed by atoms with Gasteiger partial charge in [-0.2, -0.15) is 10.4 Å². The molecule has 0 amide bonds. The van der Waals surface area contributed by atoms with E-state index >= 15 is 0 Å². The Bertz CT molecular complexity index is 1340. The topological polar surface area (TPSA) is 61.8 Å². The van der Waals surface area contributed by atoms with Crippen LogP contribution in [-0.2, 0) is 6.42 Å². The summed E-state index contributed by atoms with van der Waals surface area (Å²) < 4.78 is 15.4. The lowest BCUT2D eigenvalue weighted by Gasteiger charge is -2.41. The quantitative estimate of drug-likeness (QED) is 0.603. The maximum absolute atomic E-state index is 13.5. The summed E-state index contributed by atoms with van der Waals surface area (Å²) in [4.78, 5) is 0. The van der Waals surface area contributed by atoms with Crippen LogP contribution in [0.5, 0.6) is 0 Å². The number of aromatic nitrogens is 2. The van der Waals surface area contributed by atoms with Crippen LogP contribution in [0.4, 0.5) is 4.39 Å². The number of aliphatic hydroxyl groups is 1. The summed E-state index contributed by atoms with van der Waals surface area (Å²) in [5.41, 5.74) is 3.18. The van der Waals surface area contributed by atoms with Crippen LogP contribution in [-0.4, -0.2) is 20.5 Å². The zero-order valence-corrected chi connectivity index (χ0v) is 17.8. The van der Waals surface area contributed by atoms with Gasteiger partial charge in [0, 0.05) is 11.0 Å². The van der Waals surface area contributed by atoms with Gasteiger partial charge >= 0.3 is 0 Å². The van der Waals surface area contributed by atoms with E-state index in [4.69, 9.17) is 0 Å². The summed E-state index contributed by atoms with van der Waals surface area (Å²) in [5.74, 6) is 5.60. The number of para-hydroxylation sites is 1. The molecule has 2 aliphatic rings. The standard InChI is InChI=1S/C27H22FN3O/c1-2-26-16-21-18-30-31(24-6-4-3-5-7-24)25(21)15-22(26)11-13-27(26,32)12-10-19-8-9-23(28)14-20(19)17-29/h3-9,14-15,18,32H,2,11,13,16H2,1H3/t26-,27?/m0/s1. The van der Waals surface area contributed by atoms with Crippen molar-refractivity contribution in [3.63, 3.8) is 0 Å². The number of rotatable bonds is 2. The van der Waals surface area contributed by atoms with E-state index in [0.29, 0.717) is 18.4 Å². The van der Waals surface area contributed by atoms with Gasteiger partial charge in [0.15, 0.2) is 0 Å². The first-order valence-electron chi connectivity index (χ1n) is 10.8. The molecule has 1 N–H and O–H groups in total. The van der Waals surface area contributed by atoms with Gasteiger partial charge in [-0.1, -0.05) is 42.5 Å². The first kappa shape index (κ1) is 20.2. The number of fused-ring (bicyclic) bond motifs is 2. The maximum atomic E-state index is 13.5. The van der Waals surface area contributed by atoms with Crippen LogP contribution >= 0.6 is 0 Å². The first-order chi connectivity index (χ1) is 15.5. The predicted molar refractivity (Wildman–Crippen MR) is 120 cm³/mol. The van der Waals surface area contributed by atoms with E-state index in [1.165, 1.54) is 23.8 Å². The number of nitriles is 1. The fourth-order valence-electron chi connectivity index (χ4n) is 5.19. The molecule has 0 saturated heterocycles. The van der Waals surface area contributed by atoms with Crippen LogP contribution in [0.2, 0.25) is 0 Å². The van der Waals surface area contributed by atoms with Crippen LogP contribution in [0, 0.1) is 34.4 Å². The van der Waals surface area contributed by atoms with E-state index in [-0.39, 0.29) is 5.56 Å². The molecule has 0 bridgehead atoms. The highest BCUT2D eigenvalue weighted by atomic mass is 19.1. The number of hydrogen-bond donors (Lipinski definition) is 1. The van der Waals surface area contributed by atoms with E-state index in [2.05, 4.69) is 29.9 Å². The van der Waals surface area contributed by atoms with Gasteiger partial charge in [0.25, 0.3) is 0 Å². The fourth-order valence-corrected chi connectivity index (χ4v) is 5.19. The monoisotopic (exact) mass is 423 g/mol. The molecular formula is C27H22FN3O. The van der Waals surface area contributed by atoms with Crippen molar-refractivity contribution < 1.29 is 9.50 Å². The largest absolute Gasteiger partial charge is 0.377 e. The van der Waals surface area contributed by atoms with E-state index in [1.807, 2.05) is 47.3 Å². The third-order valence-electron chi connectivity index (χ3n) is 6.96. The summed E-state index contributed by atoms with van der Waals surface area (Å²) in [6, 6.07) is 16.0. The van der Waals surface area contributed by atoms with E-state index < -0.39 is 16.8 Å². The average Bonchev–Trinajstić information content (AvgIpc) is 3.36. The van der Waals surface area contributed by atoms with E-state index in [0.717, 1.165) is 29.8 Å². The van der Waals surface area contributed by atoms with E-state index in [1.54, 1.807) is 0 Å². The highest BCUT2D eigenvalue weighted by Crippen LogP contribution is 2.57. The molecular weight excluding hydrogens is 401 g/mol. The smallest absolute Gasteiger partial charge is 0.135 e. The molecule has 1 unspecified atom stereocenters. The Morgan fingerprint density at radius 2 is 2.00 bits per heavy atom. The molecule has 1 heterocycles. The molecule has 0 spiro atoms. The number of benzene rings is 2. The molecule has 1 aromatic heterocycles. The molecule has 2 aromatic carbocycles. The Balaban J connectivity index is 1.56. The van der Waals surface area contributed by atoms with Gasteiger partial charge in [0.05, 0.1) is 23.1 Å². The summed E-state index contributed by atoms with van der Waals surface area (Å²) in [7, 11) is 0. The van der Waals surface area contributed by atoms with Crippen LogP contribution < -0.4 is 0 Å². The third-order valence-corrected chi connectivity index (χ3v) is 6.96. The lowest BCUT2D eigenvalue weighted by molar-refractivity contribution is 0.00242. The highest BCUT2D eigenvalue weighted by molar-refractivity contribution is 5.64. The van der Waals surface area contributed by atoms with Gasteiger partial charge in [0.2, 0.25) is 0 Å². The van der Waals surface area contributed by atoms with E-state index in [9.17, 15) is 14.8 Å². The molecule has 2 aliphatic carbocycles. The summed E-state index contributed by atoms with van der Waals surface area (Å²) in [5, 5.41) is 25.7. The van der Waals surface area contributed by atoms with Crippen molar-refractivity contribution >= 4 is 6.08 Å². The van der Waals surface area contributed by atoms with Crippen molar-refractivity contribution in [1.29, 1.82) is 5.26 Å². The Kier molecular flexibility index (Phi) is 4.73. The van der Waals surface area contributed by atoms with Gasteiger partial charge in [-0.25, -0.2) is 9.07 Å². The van der Waals surface area contributed by atoms with Gasteiger partial charge in [-0.05, 0) is 67.7 Å². The number of nitrogens with zero attached hydrogens (tertiary/aromatic N) is 3. The van der Waals surface area contributed by atoms with Crippen LogP contribution in [0.1, 0.15) is 48.6 Å². The molecule has 3 aromatic rings. The Morgan fingerprint density at radius 1 is 1.19 bits per heavy atom. The predicted octanol–water partition coefficient (Wildman–Crippen LogP) is 4.80. The van der Waals surface area contributed by atoms with Gasteiger partial charge in [-0.3, -0.25) is 0 Å². The van der Waals surface area contributed by atoms with Crippen molar-refractivity contribution in [2.45, 2.75) is 38.2 Å². The minimum Gasteiger partial charge on any atom is -0.377 e. The third kappa shape index (κ3) is 2.98. The molecule has 0 aliphatic heterocycles. The Morgan fingerprint density at radius 3 is 2.75 bits per heavy atom. The van der Waals surface area contributed by atoms with Crippen LogP contribution in [0.3, 0.4) is 0 Å². The van der Waals surface area contributed by atoms with Crippen molar-refractivity contribution in [2.24, 2.45) is 5.41 Å². The minimum atomic E-state index is -1.23. The zero-order valence-electron chi connectivity index (χ0n) is 17.8. The van der Waals surface area contributed by atoms with Crippen molar-refractivity contribution in [1.82, 2.24) is 9.78 Å². The van der Waals surface area contributed by atoms with Crippen LogP contribution in [0.25, 0.3) is 11.8 Å². The second-order valence-corrected chi connectivity index (χ2v) is 8.50. The number of halogens is 1. The molecule has 1 fully saturated rings. The lowest BCUT2D eigenvalue weighted by Crippen LogP contribution is -2.46. The van der Waals surface area contributed by atoms with Gasteiger partial charge < -0.3 is 5.11 Å². The SMILES string of the molecule is CC[C@]12Cc3cnn(-c4ccccc4)c3C=C1CCC2(O)C#Cc1ccc(F)cc1C#N.